The van der Waals surface area contributed by atoms with Crippen LogP contribution in [0.25, 0.3) is 11.0 Å². The Bertz CT molecular complexity index is 1080. The van der Waals surface area contributed by atoms with Crippen LogP contribution in [0.15, 0.2) is 54.9 Å². The Kier molecular flexibility index (Phi) is 6.11. The molecule has 3 aromatic rings. The number of amides is 2. The number of nitrogens with one attached hydrogen (secondary N) is 1. The maximum atomic E-state index is 13.3. The summed E-state index contributed by atoms with van der Waals surface area (Å²) in [6, 6.07) is 12.7. The van der Waals surface area contributed by atoms with Gasteiger partial charge in [0.05, 0.1) is 30.1 Å². The largest absolute Gasteiger partial charge is 0.497 e. The average molecular weight is 418 g/mol. The highest BCUT2D eigenvalue weighted by Gasteiger charge is 2.44. The number of carbonyl (C=O) groups is 2. The summed E-state index contributed by atoms with van der Waals surface area (Å²) in [5, 5.41) is 2.99. The topological polar surface area (TPSA) is 84.4 Å². The molecule has 2 unspecified atom stereocenters. The summed E-state index contributed by atoms with van der Waals surface area (Å²) >= 11 is 0. The normalized spacial score (nSPS) is 18.4. The Morgan fingerprint density at radius 1 is 1.13 bits per heavy atom. The van der Waals surface area contributed by atoms with E-state index in [0.29, 0.717) is 17.7 Å². The molecule has 4 rings (SSSR count). The molecular formula is C24H26N4O3. The molecule has 0 spiro atoms. The number of nitrogens with zero attached hydrogens (tertiary/aromatic N) is 3. The van der Waals surface area contributed by atoms with Crippen molar-refractivity contribution in [2.75, 3.05) is 19.0 Å². The first-order valence-corrected chi connectivity index (χ1v) is 10.6. The molecular weight excluding hydrogens is 392 g/mol. The number of anilines is 1. The number of hydrogen-bond acceptors (Lipinski definition) is 5. The number of rotatable bonds is 7. The third kappa shape index (κ3) is 4.35. The van der Waals surface area contributed by atoms with E-state index in [1.807, 2.05) is 41.3 Å². The molecule has 2 heterocycles. The average Bonchev–Trinajstić information content (AvgIpc) is 3.13. The lowest BCUT2D eigenvalue weighted by molar-refractivity contribution is -0.129. The van der Waals surface area contributed by atoms with E-state index in [2.05, 4.69) is 22.2 Å². The highest BCUT2D eigenvalue weighted by atomic mass is 16.5. The van der Waals surface area contributed by atoms with Crippen molar-refractivity contribution in [2.24, 2.45) is 5.92 Å². The highest BCUT2D eigenvalue weighted by molar-refractivity contribution is 5.99. The van der Waals surface area contributed by atoms with E-state index in [1.54, 1.807) is 25.6 Å². The first-order chi connectivity index (χ1) is 15.1. The van der Waals surface area contributed by atoms with Gasteiger partial charge in [-0.2, -0.15) is 0 Å². The van der Waals surface area contributed by atoms with Crippen molar-refractivity contribution in [2.45, 2.75) is 32.2 Å². The third-order valence-corrected chi connectivity index (χ3v) is 5.72. The Labute approximate surface area is 181 Å². The molecule has 1 N–H and O–H groups in total. The Balaban J connectivity index is 1.61. The summed E-state index contributed by atoms with van der Waals surface area (Å²) in [5.74, 6) is 0.108. The van der Waals surface area contributed by atoms with Crippen LogP contribution in [0.1, 0.15) is 37.8 Å². The standard InChI is InChI=1S/C24H26N4O3/c1-3-4-13-28-22(29)15-19(23(28)16-5-8-18(31-2)9-6-16)24(30)27-17-7-10-20-21(14-17)26-12-11-25-20/h5-12,14,19,23H,3-4,13,15H2,1-2H3,(H,27,30). The zero-order valence-electron chi connectivity index (χ0n) is 17.7. The van der Waals surface area contributed by atoms with E-state index in [0.717, 1.165) is 29.7 Å². The van der Waals surface area contributed by atoms with Crippen molar-refractivity contribution in [3.05, 3.63) is 60.4 Å². The monoisotopic (exact) mass is 418 g/mol. The van der Waals surface area contributed by atoms with E-state index >= 15 is 0 Å². The molecule has 0 aliphatic carbocycles. The molecule has 1 aromatic heterocycles. The molecule has 2 aromatic carbocycles. The molecule has 7 heteroatoms. The number of methoxy groups -OCH3 is 1. The summed E-state index contributed by atoms with van der Waals surface area (Å²) in [7, 11) is 1.62. The zero-order chi connectivity index (χ0) is 21.8. The number of unbranched alkanes of at least 4 members (excludes halogenated alkanes) is 1. The van der Waals surface area contributed by atoms with E-state index in [9.17, 15) is 9.59 Å². The highest BCUT2D eigenvalue weighted by Crippen LogP contribution is 2.39. The van der Waals surface area contributed by atoms with Crippen molar-refractivity contribution in [1.29, 1.82) is 0 Å². The van der Waals surface area contributed by atoms with Crippen molar-refractivity contribution in [3.63, 3.8) is 0 Å². The smallest absolute Gasteiger partial charge is 0.230 e. The minimum atomic E-state index is -0.477. The van der Waals surface area contributed by atoms with Gasteiger partial charge >= 0.3 is 0 Å². The van der Waals surface area contributed by atoms with Crippen molar-refractivity contribution in [3.8, 4) is 5.75 Å². The summed E-state index contributed by atoms with van der Waals surface area (Å²) in [6.07, 6.45) is 5.33. The molecule has 1 aliphatic rings. The first kappa shape index (κ1) is 20.8. The van der Waals surface area contributed by atoms with Crippen LogP contribution >= 0.6 is 0 Å². The Hall–Kier alpha value is -3.48. The lowest BCUT2D eigenvalue weighted by atomic mass is 9.92. The van der Waals surface area contributed by atoms with Gasteiger partial charge in [-0.05, 0) is 42.3 Å². The van der Waals surface area contributed by atoms with Gasteiger partial charge in [-0.15, -0.1) is 0 Å². The molecule has 0 saturated carbocycles. The molecule has 2 atom stereocenters. The van der Waals surface area contributed by atoms with Crippen molar-refractivity contribution >= 4 is 28.5 Å². The fourth-order valence-electron chi connectivity index (χ4n) is 4.11. The van der Waals surface area contributed by atoms with Crippen LogP contribution in [0.5, 0.6) is 5.75 Å². The van der Waals surface area contributed by atoms with Gasteiger partial charge in [0.1, 0.15) is 5.75 Å². The van der Waals surface area contributed by atoms with Crippen LogP contribution in [0.2, 0.25) is 0 Å². The molecule has 31 heavy (non-hydrogen) atoms. The maximum absolute atomic E-state index is 13.3. The molecule has 160 valence electrons. The summed E-state index contributed by atoms with van der Waals surface area (Å²) in [6.45, 7) is 2.73. The minimum absolute atomic E-state index is 0.0128. The van der Waals surface area contributed by atoms with Gasteiger partial charge < -0.3 is 15.0 Å². The predicted molar refractivity (Wildman–Crippen MR) is 119 cm³/mol. The zero-order valence-corrected chi connectivity index (χ0v) is 17.7. The van der Waals surface area contributed by atoms with Crippen molar-refractivity contribution in [1.82, 2.24) is 14.9 Å². The lowest BCUT2D eigenvalue weighted by Gasteiger charge is -2.28. The van der Waals surface area contributed by atoms with Crippen molar-refractivity contribution < 1.29 is 14.3 Å². The van der Waals surface area contributed by atoms with Crippen LogP contribution < -0.4 is 10.1 Å². The predicted octanol–water partition coefficient (Wildman–Crippen LogP) is 3.97. The van der Waals surface area contributed by atoms with Crippen LogP contribution in [0.4, 0.5) is 5.69 Å². The van der Waals surface area contributed by atoms with Gasteiger partial charge in [-0.3, -0.25) is 19.6 Å². The van der Waals surface area contributed by atoms with E-state index in [-0.39, 0.29) is 24.3 Å². The number of benzene rings is 2. The number of hydrogen-bond donors (Lipinski definition) is 1. The fourth-order valence-corrected chi connectivity index (χ4v) is 4.11. The van der Waals surface area contributed by atoms with Crippen LogP contribution in [0, 0.1) is 5.92 Å². The number of carbonyl (C=O) groups excluding carboxylic acids is 2. The van der Waals surface area contributed by atoms with Crippen LogP contribution in [-0.2, 0) is 9.59 Å². The van der Waals surface area contributed by atoms with Gasteiger partial charge in [-0.25, -0.2) is 0 Å². The van der Waals surface area contributed by atoms with E-state index < -0.39 is 5.92 Å². The molecule has 1 aliphatic heterocycles. The van der Waals surface area contributed by atoms with Gasteiger partial charge in [0, 0.05) is 31.0 Å². The molecule has 1 saturated heterocycles. The Morgan fingerprint density at radius 2 is 1.87 bits per heavy atom. The molecule has 0 bridgehead atoms. The summed E-state index contributed by atoms with van der Waals surface area (Å²) in [5.41, 5.74) is 3.05. The number of likely N-dealkylation sites (tertiary alicyclic amines) is 1. The number of aromatic nitrogens is 2. The van der Waals surface area contributed by atoms with Gasteiger partial charge in [0.2, 0.25) is 11.8 Å². The van der Waals surface area contributed by atoms with Gasteiger partial charge in [0.15, 0.2) is 0 Å². The summed E-state index contributed by atoms with van der Waals surface area (Å²) < 4.78 is 5.26. The van der Waals surface area contributed by atoms with E-state index in [4.69, 9.17) is 4.74 Å². The van der Waals surface area contributed by atoms with Gasteiger partial charge in [-0.1, -0.05) is 25.5 Å². The Morgan fingerprint density at radius 3 is 2.58 bits per heavy atom. The lowest BCUT2D eigenvalue weighted by Crippen LogP contribution is -2.33. The second-order valence-electron chi connectivity index (χ2n) is 7.72. The first-order valence-electron chi connectivity index (χ1n) is 10.6. The second kappa shape index (κ2) is 9.12. The van der Waals surface area contributed by atoms with E-state index in [1.165, 1.54) is 0 Å². The molecule has 1 fully saturated rings. The number of fused-ring (bicyclic) bond motifs is 1. The SMILES string of the molecule is CCCCN1C(=O)CC(C(=O)Nc2ccc3nccnc3c2)C1c1ccc(OC)cc1. The molecule has 2 amide bonds. The minimum Gasteiger partial charge on any atom is -0.497 e. The quantitative estimate of drug-likeness (QED) is 0.628. The van der Waals surface area contributed by atoms with Crippen LogP contribution in [-0.4, -0.2) is 40.3 Å². The molecule has 0 radical (unpaired) electrons. The van der Waals surface area contributed by atoms with Crippen LogP contribution in [0.3, 0.4) is 0 Å². The number of ether oxygens (including phenoxy) is 1. The maximum Gasteiger partial charge on any atom is 0.230 e. The fraction of sp³-hybridized carbons (Fsp3) is 0.333. The van der Waals surface area contributed by atoms with Gasteiger partial charge in [0.25, 0.3) is 0 Å². The summed E-state index contributed by atoms with van der Waals surface area (Å²) in [4.78, 5) is 36.5. The third-order valence-electron chi connectivity index (χ3n) is 5.72. The second-order valence-corrected chi connectivity index (χ2v) is 7.72. The molecule has 7 nitrogen and oxygen atoms in total.